The number of nitrogens with one attached hydrogen (secondary N) is 1. The second kappa shape index (κ2) is 7.16. The third-order valence-corrected chi connectivity index (χ3v) is 2.92. The van der Waals surface area contributed by atoms with Gasteiger partial charge in [-0.05, 0) is 19.9 Å². The van der Waals surface area contributed by atoms with Crippen molar-refractivity contribution in [2.75, 3.05) is 13.1 Å². The number of hydrogen-bond acceptors (Lipinski definition) is 5. The molecule has 0 aromatic rings. The van der Waals surface area contributed by atoms with E-state index < -0.39 is 18.0 Å². The monoisotopic (exact) mass is 269 g/mol. The fourth-order valence-electron chi connectivity index (χ4n) is 1.93. The predicted molar refractivity (Wildman–Crippen MR) is 67.6 cm³/mol. The second-order valence-electron chi connectivity index (χ2n) is 4.75. The van der Waals surface area contributed by atoms with Gasteiger partial charge in [0, 0.05) is 19.4 Å². The van der Waals surface area contributed by atoms with Crippen LogP contribution in [0.1, 0.15) is 26.2 Å². The molecule has 6 nitrogen and oxygen atoms in total. The third kappa shape index (κ3) is 4.92. The first-order valence-electron chi connectivity index (χ1n) is 6.30. The van der Waals surface area contributed by atoms with Gasteiger partial charge in [-0.2, -0.15) is 0 Å². The molecule has 1 aliphatic carbocycles. The minimum Gasteiger partial charge on any atom is -0.481 e. The SMILES string of the molecule is CC(O)CNCCC=C1C(=O)CC(C(=O)O)CC1=O. The number of aliphatic hydroxyl groups excluding tert-OH is 1. The molecule has 1 atom stereocenters. The van der Waals surface area contributed by atoms with Crippen LogP contribution >= 0.6 is 0 Å². The molecule has 0 spiro atoms. The van der Waals surface area contributed by atoms with Crippen molar-refractivity contribution >= 4 is 17.5 Å². The summed E-state index contributed by atoms with van der Waals surface area (Å²) < 4.78 is 0. The van der Waals surface area contributed by atoms with Crippen LogP contribution in [0.15, 0.2) is 11.6 Å². The van der Waals surface area contributed by atoms with Crippen LogP contribution in [0.25, 0.3) is 0 Å². The van der Waals surface area contributed by atoms with Crippen LogP contribution in [0.2, 0.25) is 0 Å². The molecule has 0 aliphatic heterocycles. The molecule has 1 aliphatic rings. The maximum Gasteiger partial charge on any atom is 0.307 e. The molecule has 19 heavy (non-hydrogen) atoms. The van der Waals surface area contributed by atoms with Gasteiger partial charge in [0.15, 0.2) is 11.6 Å². The van der Waals surface area contributed by atoms with E-state index in [9.17, 15) is 14.4 Å². The second-order valence-corrected chi connectivity index (χ2v) is 4.75. The number of allylic oxidation sites excluding steroid dienone is 1. The van der Waals surface area contributed by atoms with E-state index >= 15 is 0 Å². The van der Waals surface area contributed by atoms with E-state index in [1.165, 1.54) is 0 Å². The van der Waals surface area contributed by atoms with Gasteiger partial charge >= 0.3 is 5.97 Å². The Bertz CT molecular complexity index is 380. The van der Waals surface area contributed by atoms with Crippen molar-refractivity contribution in [3.63, 3.8) is 0 Å². The van der Waals surface area contributed by atoms with Gasteiger partial charge in [0.05, 0.1) is 17.6 Å². The summed E-state index contributed by atoms with van der Waals surface area (Å²) in [6.07, 6.45) is 1.40. The number of aliphatic carboxylic acids is 1. The lowest BCUT2D eigenvalue weighted by molar-refractivity contribution is -0.146. The summed E-state index contributed by atoms with van der Waals surface area (Å²) in [4.78, 5) is 34.1. The van der Waals surface area contributed by atoms with Gasteiger partial charge in [0.2, 0.25) is 0 Å². The summed E-state index contributed by atoms with van der Waals surface area (Å²) in [5.74, 6) is -2.76. The number of carbonyl (C=O) groups excluding carboxylic acids is 2. The first-order chi connectivity index (χ1) is 8.91. The lowest BCUT2D eigenvalue weighted by Crippen LogP contribution is -2.30. The van der Waals surface area contributed by atoms with E-state index in [-0.39, 0.29) is 30.0 Å². The van der Waals surface area contributed by atoms with Gasteiger partial charge in [0.1, 0.15) is 0 Å². The highest BCUT2D eigenvalue weighted by Gasteiger charge is 2.33. The molecule has 0 aromatic heterocycles. The quantitative estimate of drug-likeness (QED) is 0.353. The summed E-state index contributed by atoms with van der Waals surface area (Å²) in [6.45, 7) is 2.66. The third-order valence-electron chi connectivity index (χ3n) is 2.92. The molecule has 6 heteroatoms. The van der Waals surface area contributed by atoms with Crippen molar-refractivity contribution < 1.29 is 24.6 Å². The molecule has 0 radical (unpaired) electrons. The minimum absolute atomic E-state index is 0.103. The Hall–Kier alpha value is -1.53. The van der Waals surface area contributed by atoms with Crippen LogP contribution in [0.5, 0.6) is 0 Å². The van der Waals surface area contributed by atoms with E-state index in [4.69, 9.17) is 10.2 Å². The lowest BCUT2D eigenvalue weighted by atomic mass is 9.83. The Morgan fingerprint density at radius 2 is 2.00 bits per heavy atom. The largest absolute Gasteiger partial charge is 0.481 e. The zero-order valence-corrected chi connectivity index (χ0v) is 10.9. The maximum atomic E-state index is 11.7. The van der Waals surface area contributed by atoms with E-state index in [0.717, 1.165) is 0 Å². The minimum atomic E-state index is -1.10. The summed E-state index contributed by atoms with van der Waals surface area (Å²) in [7, 11) is 0. The number of Topliss-reactive ketones (excluding diaryl/α,β-unsaturated/α-hetero) is 2. The lowest BCUT2D eigenvalue weighted by Gasteiger charge is -2.18. The number of aliphatic hydroxyl groups is 1. The predicted octanol–water partition coefficient (Wildman–Crippen LogP) is -0.0939. The zero-order chi connectivity index (χ0) is 14.4. The Balaban J connectivity index is 2.47. The van der Waals surface area contributed by atoms with Gasteiger partial charge in [0.25, 0.3) is 0 Å². The molecule has 1 rings (SSSR count). The highest BCUT2D eigenvalue weighted by Crippen LogP contribution is 2.23. The molecule has 0 saturated heterocycles. The molecule has 0 bridgehead atoms. The number of rotatable bonds is 6. The van der Waals surface area contributed by atoms with Gasteiger partial charge in [-0.1, -0.05) is 6.08 Å². The Morgan fingerprint density at radius 1 is 1.42 bits per heavy atom. The van der Waals surface area contributed by atoms with Crippen LogP contribution in [-0.4, -0.2) is 46.9 Å². The van der Waals surface area contributed by atoms with Crippen molar-refractivity contribution in [1.29, 1.82) is 0 Å². The molecule has 3 N–H and O–H groups in total. The zero-order valence-electron chi connectivity index (χ0n) is 10.9. The average molecular weight is 269 g/mol. The summed E-state index contributed by atoms with van der Waals surface area (Å²) in [6, 6.07) is 0. The van der Waals surface area contributed by atoms with Crippen LogP contribution in [0.3, 0.4) is 0 Å². The smallest absolute Gasteiger partial charge is 0.307 e. The van der Waals surface area contributed by atoms with Crippen molar-refractivity contribution in [3.05, 3.63) is 11.6 Å². The Morgan fingerprint density at radius 3 is 2.47 bits per heavy atom. The van der Waals surface area contributed by atoms with Gasteiger partial charge in [-0.25, -0.2) is 0 Å². The summed E-state index contributed by atoms with van der Waals surface area (Å²) in [5.41, 5.74) is 0.122. The molecule has 1 unspecified atom stereocenters. The fourth-order valence-corrected chi connectivity index (χ4v) is 1.93. The van der Waals surface area contributed by atoms with E-state index in [1.807, 2.05) is 0 Å². The molecule has 106 valence electrons. The molecule has 0 aromatic carbocycles. The van der Waals surface area contributed by atoms with Crippen molar-refractivity contribution in [2.45, 2.75) is 32.3 Å². The Labute approximate surface area is 111 Å². The van der Waals surface area contributed by atoms with E-state index in [2.05, 4.69) is 5.32 Å². The van der Waals surface area contributed by atoms with Gasteiger partial charge in [-0.15, -0.1) is 0 Å². The van der Waals surface area contributed by atoms with Crippen molar-refractivity contribution in [2.24, 2.45) is 5.92 Å². The summed E-state index contributed by atoms with van der Waals surface area (Å²) >= 11 is 0. The average Bonchev–Trinajstić information content (AvgIpc) is 2.30. The highest BCUT2D eigenvalue weighted by atomic mass is 16.4. The molecule has 0 heterocycles. The molecule has 0 amide bonds. The first-order valence-corrected chi connectivity index (χ1v) is 6.30. The molecule has 1 saturated carbocycles. The van der Waals surface area contributed by atoms with Crippen LogP contribution in [-0.2, 0) is 14.4 Å². The van der Waals surface area contributed by atoms with Gasteiger partial charge in [-0.3, -0.25) is 14.4 Å². The van der Waals surface area contributed by atoms with E-state index in [1.54, 1.807) is 13.0 Å². The molecule has 1 fully saturated rings. The Kier molecular flexibility index (Phi) is 5.85. The van der Waals surface area contributed by atoms with Crippen molar-refractivity contribution in [1.82, 2.24) is 5.32 Å². The van der Waals surface area contributed by atoms with Crippen LogP contribution < -0.4 is 5.32 Å². The van der Waals surface area contributed by atoms with Crippen LogP contribution in [0, 0.1) is 5.92 Å². The van der Waals surface area contributed by atoms with E-state index in [0.29, 0.717) is 19.5 Å². The molecular formula is C13H19NO5. The number of ketones is 2. The fraction of sp³-hybridized carbons (Fsp3) is 0.615. The summed E-state index contributed by atoms with van der Waals surface area (Å²) in [5, 5.41) is 20.8. The van der Waals surface area contributed by atoms with Crippen LogP contribution in [0.4, 0.5) is 0 Å². The topological polar surface area (TPSA) is 104 Å². The molecular weight excluding hydrogens is 250 g/mol. The maximum absolute atomic E-state index is 11.7. The van der Waals surface area contributed by atoms with Gasteiger partial charge < -0.3 is 15.5 Å². The number of hydrogen-bond donors (Lipinski definition) is 3. The van der Waals surface area contributed by atoms with Crippen molar-refractivity contribution in [3.8, 4) is 0 Å². The number of carboxylic acid groups (broad SMARTS) is 1. The number of carbonyl (C=O) groups is 3. The first kappa shape index (κ1) is 15.5. The normalized spacial score (nSPS) is 21.4. The standard InChI is InChI=1S/C13H19NO5/c1-8(15)7-14-4-2-3-10-11(16)5-9(13(18)19)6-12(10)17/h3,8-9,14-15H,2,4-7H2,1H3,(H,18,19). The number of carboxylic acids is 1. The highest BCUT2D eigenvalue weighted by molar-refractivity contribution is 6.23.